The average Bonchev–Trinajstić information content (AvgIpc) is 2.36. The van der Waals surface area contributed by atoms with Crippen molar-refractivity contribution in [3.8, 4) is 11.5 Å². The summed E-state index contributed by atoms with van der Waals surface area (Å²) >= 11 is 11.8. The zero-order valence-electron chi connectivity index (χ0n) is 10.2. The molecule has 0 unspecified atom stereocenters. The Bertz CT molecular complexity index is 590. The molecule has 2 aromatic rings. The number of hydrogen-bond donors (Lipinski definition) is 1. The summed E-state index contributed by atoms with van der Waals surface area (Å²) in [5.41, 5.74) is 0.842. The van der Waals surface area contributed by atoms with Crippen LogP contribution in [0.3, 0.4) is 0 Å². The van der Waals surface area contributed by atoms with Gasteiger partial charge in [0, 0.05) is 11.6 Å². The van der Waals surface area contributed by atoms with Crippen LogP contribution in [-0.4, -0.2) is 7.05 Å². The summed E-state index contributed by atoms with van der Waals surface area (Å²) in [6.45, 7) is 0.596. The molecule has 0 spiro atoms. The molecule has 1 N–H and O–H groups in total. The van der Waals surface area contributed by atoms with Gasteiger partial charge in [-0.2, -0.15) is 0 Å². The van der Waals surface area contributed by atoms with Crippen LogP contribution < -0.4 is 10.1 Å². The van der Waals surface area contributed by atoms with Crippen molar-refractivity contribution in [2.24, 2.45) is 0 Å². The first-order valence-electron chi connectivity index (χ1n) is 5.66. The molecule has 0 radical (unpaired) electrons. The molecule has 0 aromatic heterocycles. The predicted octanol–water partition coefficient (Wildman–Crippen LogP) is 4.64. The van der Waals surface area contributed by atoms with Crippen LogP contribution in [0.2, 0.25) is 10.0 Å². The molecule has 0 heterocycles. The number of halogens is 3. The topological polar surface area (TPSA) is 21.3 Å². The SMILES string of the molecule is CNCc1ccc(Oc2ccc(Cl)cc2Cl)c(F)c1. The van der Waals surface area contributed by atoms with Crippen molar-refractivity contribution in [3.63, 3.8) is 0 Å². The summed E-state index contributed by atoms with van der Waals surface area (Å²) in [7, 11) is 1.80. The third-order valence-corrected chi connectivity index (χ3v) is 3.02. The van der Waals surface area contributed by atoms with Gasteiger partial charge in [-0.15, -0.1) is 0 Å². The van der Waals surface area contributed by atoms with Gasteiger partial charge >= 0.3 is 0 Å². The highest BCUT2D eigenvalue weighted by Gasteiger charge is 2.09. The van der Waals surface area contributed by atoms with Crippen molar-refractivity contribution >= 4 is 23.2 Å². The number of ether oxygens (including phenoxy) is 1. The van der Waals surface area contributed by atoms with Crippen LogP contribution in [0.15, 0.2) is 36.4 Å². The van der Waals surface area contributed by atoms with Crippen LogP contribution in [-0.2, 0) is 6.54 Å². The first-order chi connectivity index (χ1) is 9.10. The Balaban J connectivity index is 2.23. The maximum atomic E-state index is 13.8. The first kappa shape index (κ1) is 14.1. The van der Waals surface area contributed by atoms with E-state index in [0.29, 0.717) is 22.3 Å². The monoisotopic (exact) mass is 299 g/mol. The van der Waals surface area contributed by atoms with Gasteiger partial charge in [-0.3, -0.25) is 0 Å². The highest BCUT2D eigenvalue weighted by molar-refractivity contribution is 6.35. The predicted molar refractivity (Wildman–Crippen MR) is 75.7 cm³/mol. The molecule has 0 fully saturated rings. The molecule has 100 valence electrons. The molecule has 0 bridgehead atoms. The van der Waals surface area contributed by atoms with Crippen molar-refractivity contribution in [3.05, 3.63) is 57.8 Å². The van der Waals surface area contributed by atoms with E-state index in [1.54, 1.807) is 37.4 Å². The second-order valence-corrected chi connectivity index (χ2v) is 4.82. The molecular weight excluding hydrogens is 288 g/mol. The minimum absolute atomic E-state index is 0.129. The lowest BCUT2D eigenvalue weighted by Crippen LogP contribution is -2.05. The van der Waals surface area contributed by atoms with Gasteiger partial charge in [0.25, 0.3) is 0 Å². The largest absolute Gasteiger partial charge is 0.453 e. The van der Waals surface area contributed by atoms with Crippen molar-refractivity contribution in [2.75, 3.05) is 7.05 Å². The van der Waals surface area contributed by atoms with Crippen molar-refractivity contribution in [1.29, 1.82) is 0 Å². The Hall–Kier alpha value is -1.29. The molecule has 0 saturated carbocycles. The lowest BCUT2D eigenvalue weighted by molar-refractivity contribution is 0.441. The fraction of sp³-hybridized carbons (Fsp3) is 0.143. The molecule has 2 nitrogen and oxygen atoms in total. The average molecular weight is 300 g/mol. The van der Waals surface area contributed by atoms with E-state index in [1.807, 2.05) is 0 Å². The van der Waals surface area contributed by atoms with Crippen molar-refractivity contribution in [1.82, 2.24) is 5.32 Å². The highest BCUT2D eigenvalue weighted by atomic mass is 35.5. The number of hydrogen-bond acceptors (Lipinski definition) is 2. The normalized spacial score (nSPS) is 10.5. The van der Waals surface area contributed by atoms with Crippen molar-refractivity contribution in [2.45, 2.75) is 6.54 Å². The van der Waals surface area contributed by atoms with E-state index in [4.69, 9.17) is 27.9 Å². The molecule has 0 amide bonds. The van der Waals surface area contributed by atoms with Gasteiger partial charge in [-0.1, -0.05) is 29.3 Å². The summed E-state index contributed by atoms with van der Waals surface area (Å²) in [6, 6.07) is 9.58. The van der Waals surface area contributed by atoms with E-state index >= 15 is 0 Å². The molecule has 0 aliphatic rings. The number of nitrogens with one attached hydrogen (secondary N) is 1. The van der Waals surface area contributed by atoms with Crippen LogP contribution in [0, 0.1) is 5.82 Å². The number of rotatable bonds is 4. The molecule has 0 saturated heterocycles. The van der Waals surface area contributed by atoms with E-state index in [0.717, 1.165) is 5.56 Å². The second-order valence-electron chi connectivity index (χ2n) is 3.97. The summed E-state index contributed by atoms with van der Waals surface area (Å²) in [5, 5.41) is 3.79. The van der Waals surface area contributed by atoms with E-state index in [9.17, 15) is 4.39 Å². The minimum atomic E-state index is -0.432. The van der Waals surface area contributed by atoms with Gasteiger partial charge < -0.3 is 10.1 Å². The zero-order valence-corrected chi connectivity index (χ0v) is 11.7. The van der Waals surface area contributed by atoms with Gasteiger partial charge in [0.15, 0.2) is 11.6 Å². The fourth-order valence-electron chi connectivity index (χ4n) is 1.62. The Morgan fingerprint density at radius 2 is 1.84 bits per heavy atom. The molecule has 2 aromatic carbocycles. The lowest BCUT2D eigenvalue weighted by Gasteiger charge is -2.10. The zero-order chi connectivity index (χ0) is 13.8. The Labute approximate surface area is 121 Å². The number of benzene rings is 2. The maximum absolute atomic E-state index is 13.8. The van der Waals surface area contributed by atoms with Gasteiger partial charge in [0.2, 0.25) is 0 Å². The quantitative estimate of drug-likeness (QED) is 0.888. The van der Waals surface area contributed by atoms with E-state index in [2.05, 4.69) is 5.32 Å². The van der Waals surface area contributed by atoms with Gasteiger partial charge in [-0.25, -0.2) is 4.39 Å². The molecule has 0 aliphatic heterocycles. The first-order valence-corrected chi connectivity index (χ1v) is 6.41. The third-order valence-electron chi connectivity index (χ3n) is 2.49. The molecule has 5 heteroatoms. The van der Waals surface area contributed by atoms with Crippen LogP contribution in [0.5, 0.6) is 11.5 Å². The standard InChI is InChI=1S/C14H12Cl2FNO/c1-18-8-9-2-4-14(12(17)6-9)19-13-5-3-10(15)7-11(13)16/h2-7,18H,8H2,1H3. The second kappa shape index (κ2) is 6.24. The van der Waals surface area contributed by atoms with Crippen molar-refractivity contribution < 1.29 is 9.13 Å². The summed E-state index contributed by atoms with van der Waals surface area (Å²) in [5.74, 6) is 0.0641. The molecule has 19 heavy (non-hydrogen) atoms. The van der Waals surface area contributed by atoms with Crippen LogP contribution in [0.1, 0.15) is 5.56 Å². The molecule has 2 rings (SSSR count). The van der Waals surface area contributed by atoms with E-state index in [1.165, 1.54) is 6.07 Å². The van der Waals surface area contributed by atoms with Crippen LogP contribution >= 0.6 is 23.2 Å². The summed E-state index contributed by atoms with van der Waals surface area (Å²) in [4.78, 5) is 0. The Morgan fingerprint density at radius 3 is 2.47 bits per heavy atom. The molecule has 0 aliphatic carbocycles. The van der Waals surface area contributed by atoms with Gasteiger partial charge in [0.1, 0.15) is 5.75 Å². The van der Waals surface area contributed by atoms with E-state index in [-0.39, 0.29) is 5.75 Å². The Kier molecular flexibility index (Phi) is 4.64. The third kappa shape index (κ3) is 3.60. The van der Waals surface area contributed by atoms with Gasteiger partial charge in [-0.05, 0) is 42.9 Å². The summed E-state index contributed by atoms with van der Waals surface area (Å²) in [6.07, 6.45) is 0. The maximum Gasteiger partial charge on any atom is 0.166 e. The summed E-state index contributed by atoms with van der Waals surface area (Å²) < 4.78 is 19.3. The van der Waals surface area contributed by atoms with Crippen LogP contribution in [0.25, 0.3) is 0 Å². The fourth-order valence-corrected chi connectivity index (χ4v) is 2.06. The highest BCUT2D eigenvalue weighted by Crippen LogP contribution is 2.32. The van der Waals surface area contributed by atoms with Gasteiger partial charge in [0.05, 0.1) is 5.02 Å². The lowest BCUT2D eigenvalue weighted by atomic mass is 10.2. The minimum Gasteiger partial charge on any atom is -0.453 e. The molecule has 0 atom stereocenters. The van der Waals surface area contributed by atoms with E-state index < -0.39 is 5.82 Å². The van der Waals surface area contributed by atoms with Crippen LogP contribution in [0.4, 0.5) is 4.39 Å². The smallest absolute Gasteiger partial charge is 0.166 e. The Morgan fingerprint density at radius 1 is 1.11 bits per heavy atom. The molecular formula is C14H12Cl2FNO.